The highest BCUT2D eigenvalue weighted by Gasteiger charge is 2.25. The number of carbonyl (C=O) groups is 2. The van der Waals surface area contributed by atoms with Gasteiger partial charge in [-0.1, -0.05) is 35.9 Å². The monoisotopic (exact) mass is 445 g/mol. The van der Waals surface area contributed by atoms with E-state index in [-0.39, 0.29) is 6.61 Å². The number of esters is 1. The summed E-state index contributed by atoms with van der Waals surface area (Å²) in [6, 6.07) is 14.2. The van der Waals surface area contributed by atoms with Gasteiger partial charge in [0.05, 0.1) is 19.2 Å². The maximum Gasteiger partial charge on any atom is 0.341 e. The molecule has 0 unspecified atom stereocenters. The Labute approximate surface area is 183 Å². The average molecular weight is 446 g/mol. The first-order chi connectivity index (χ1) is 14.4. The van der Waals surface area contributed by atoms with Crippen LogP contribution in [0.5, 0.6) is 11.5 Å². The van der Waals surface area contributed by atoms with Gasteiger partial charge in [-0.3, -0.25) is 4.79 Å². The van der Waals surface area contributed by atoms with Crippen LogP contribution >= 0.6 is 22.9 Å². The van der Waals surface area contributed by atoms with Crippen molar-refractivity contribution in [2.24, 2.45) is 0 Å². The van der Waals surface area contributed by atoms with E-state index in [1.54, 1.807) is 31.4 Å². The number of benzene rings is 2. The Balaban J connectivity index is 1.86. The molecule has 0 saturated heterocycles. The molecule has 0 radical (unpaired) electrons. The first-order valence-corrected chi connectivity index (χ1v) is 10.2. The second kappa shape index (κ2) is 9.65. The maximum atomic E-state index is 12.5. The lowest BCUT2D eigenvalue weighted by Gasteiger charge is -2.10. The molecular weight excluding hydrogens is 426 g/mol. The van der Waals surface area contributed by atoms with Gasteiger partial charge in [0, 0.05) is 10.4 Å². The number of thiophene rings is 1. The smallest absolute Gasteiger partial charge is 0.341 e. The van der Waals surface area contributed by atoms with E-state index in [4.69, 9.17) is 25.8 Å². The van der Waals surface area contributed by atoms with Gasteiger partial charge in [0.15, 0.2) is 6.61 Å². The lowest BCUT2D eigenvalue weighted by atomic mass is 10.0. The van der Waals surface area contributed by atoms with Crippen LogP contribution in [0, 0.1) is 6.92 Å². The zero-order valence-corrected chi connectivity index (χ0v) is 18.2. The van der Waals surface area contributed by atoms with Crippen LogP contribution in [-0.4, -0.2) is 32.7 Å². The second-order valence-corrected chi connectivity index (χ2v) is 7.86. The Bertz CT molecular complexity index is 1060. The lowest BCUT2D eigenvalue weighted by molar-refractivity contribution is -0.118. The van der Waals surface area contributed by atoms with Crippen LogP contribution in [0.15, 0.2) is 48.5 Å². The van der Waals surface area contributed by atoms with Gasteiger partial charge in [-0.15, -0.1) is 11.3 Å². The molecule has 3 rings (SSSR count). The third kappa shape index (κ3) is 4.75. The van der Waals surface area contributed by atoms with E-state index in [1.165, 1.54) is 18.4 Å². The van der Waals surface area contributed by atoms with Crippen molar-refractivity contribution < 1.29 is 23.8 Å². The number of rotatable bonds is 7. The molecular formula is C22H20ClNO5S. The number of halogens is 1. The van der Waals surface area contributed by atoms with E-state index in [2.05, 4.69) is 5.32 Å². The number of hydrogen-bond acceptors (Lipinski definition) is 6. The van der Waals surface area contributed by atoms with Crippen LogP contribution in [0.25, 0.3) is 11.1 Å². The molecule has 1 N–H and O–H groups in total. The zero-order chi connectivity index (χ0) is 21.7. The molecule has 0 aliphatic heterocycles. The third-order valence-corrected chi connectivity index (χ3v) is 5.63. The molecule has 0 atom stereocenters. The summed E-state index contributed by atoms with van der Waals surface area (Å²) in [5.74, 6) is 0.162. The van der Waals surface area contributed by atoms with E-state index < -0.39 is 11.9 Å². The maximum absolute atomic E-state index is 12.5. The predicted octanol–water partition coefficient (Wildman–Crippen LogP) is 5.19. The van der Waals surface area contributed by atoms with E-state index in [1.807, 2.05) is 31.2 Å². The standard InChI is InChI=1S/C22H20ClNO5S/c1-13-19(14-8-10-15(27-2)11-9-14)20(22(26)28-3)21(30-13)24-18(25)12-29-17-7-5-4-6-16(17)23/h4-11H,12H2,1-3H3,(H,24,25). The molecule has 2 aromatic carbocycles. The molecule has 8 heteroatoms. The Morgan fingerprint density at radius 1 is 1.07 bits per heavy atom. The predicted molar refractivity (Wildman–Crippen MR) is 118 cm³/mol. The lowest BCUT2D eigenvalue weighted by Crippen LogP contribution is -2.21. The highest BCUT2D eigenvalue weighted by Crippen LogP contribution is 2.40. The molecule has 3 aromatic rings. The van der Waals surface area contributed by atoms with Crippen LogP contribution in [-0.2, 0) is 9.53 Å². The molecule has 1 amide bonds. The summed E-state index contributed by atoms with van der Waals surface area (Å²) in [5.41, 5.74) is 1.82. The van der Waals surface area contributed by atoms with E-state index in [9.17, 15) is 9.59 Å². The summed E-state index contributed by atoms with van der Waals surface area (Å²) < 4.78 is 15.6. The quantitative estimate of drug-likeness (QED) is 0.506. The molecule has 0 bridgehead atoms. The summed E-state index contributed by atoms with van der Waals surface area (Å²) in [7, 11) is 2.89. The summed E-state index contributed by atoms with van der Waals surface area (Å²) in [5, 5.41) is 3.57. The fourth-order valence-corrected chi connectivity index (χ4v) is 4.17. The van der Waals surface area contributed by atoms with Crippen molar-refractivity contribution in [1.82, 2.24) is 0 Å². The second-order valence-electron chi connectivity index (χ2n) is 6.22. The molecule has 0 spiro atoms. The number of para-hydroxylation sites is 1. The Kier molecular flexibility index (Phi) is 6.97. The van der Waals surface area contributed by atoms with Crippen molar-refractivity contribution in [1.29, 1.82) is 0 Å². The van der Waals surface area contributed by atoms with Crippen LogP contribution in [0.4, 0.5) is 5.00 Å². The number of amides is 1. The van der Waals surface area contributed by atoms with E-state index in [0.29, 0.717) is 32.6 Å². The number of ether oxygens (including phenoxy) is 3. The van der Waals surface area contributed by atoms with Crippen molar-refractivity contribution in [2.75, 3.05) is 26.1 Å². The minimum absolute atomic E-state index is 0.251. The van der Waals surface area contributed by atoms with Crippen LogP contribution in [0.3, 0.4) is 0 Å². The topological polar surface area (TPSA) is 73.9 Å². The van der Waals surface area contributed by atoms with Crippen molar-refractivity contribution in [2.45, 2.75) is 6.92 Å². The molecule has 0 fully saturated rings. The van der Waals surface area contributed by atoms with Crippen molar-refractivity contribution in [3.8, 4) is 22.6 Å². The Hall–Kier alpha value is -3.03. The fraction of sp³-hybridized carbons (Fsp3) is 0.182. The van der Waals surface area contributed by atoms with Gasteiger partial charge in [-0.2, -0.15) is 0 Å². The molecule has 1 aromatic heterocycles. The first-order valence-electron chi connectivity index (χ1n) is 8.98. The first kappa shape index (κ1) is 21.7. The minimum atomic E-state index is -0.535. The van der Waals surface area contributed by atoms with Crippen LogP contribution in [0.1, 0.15) is 15.2 Å². The zero-order valence-electron chi connectivity index (χ0n) is 16.7. The largest absolute Gasteiger partial charge is 0.497 e. The molecule has 156 valence electrons. The normalized spacial score (nSPS) is 10.4. The number of carbonyl (C=O) groups excluding carboxylic acids is 2. The highest BCUT2D eigenvalue weighted by molar-refractivity contribution is 7.17. The van der Waals surface area contributed by atoms with Crippen molar-refractivity contribution in [3.05, 3.63) is 64.0 Å². The van der Waals surface area contributed by atoms with Gasteiger partial charge in [0.25, 0.3) is 5.91 Å². The Morgan fingerprint density at radius 3 is 2.40 bits per heavy atom. The number of anilines is 1. The van der Waals surface area contributed by atoms with Gasteiger partial charge >= 0.3 is 5.97 Å². The van der Waals surface area contributed by atoms with Gasteiger partial charge in [0.1, 0.15) is 22.1 Å². The Morgan fingerprint density at radius 2 is 1.77 bits per heavy atom. The molecule has 0 aliphatic carbocycles. The van der Waals surface area contributed by atoms with Crippen molar-refractivity contribution >= 4 is 39.8 Å². The van der Waals surface area contributed by atoms with Gasteiger partial charge < -0.3 is 19.5 Å². The van der Waals surface area contributed by atoms with Crippen LogP contribution < -0.4 is 14.8 Å². The summed E-state index contributed by atoms with van der Waals surface area (Å²) in [6.07, 6.45) is 0. The van der Waals surface area contributed by atoms with Gasteiger partial charge in [-0.05, 0) is 36.8 Å². The summed E-state index contributed by atoms with van der Waals surface area (Å²) >= 11 is 7.34. The number of methoxy groups -OCH3 is 2. The number of hydrogen-bond donors (Lipinski definition) is 1. The SMILES string of the molecule is COC(=O)c1c(NC(=O)COc2ccccc2Cl)sc(C)c1-c1ccc(OC)cc1. The number of nitrogens with one attached hydrogen (secondary N) is 1. The van der Waals surface area contributed by atoms with E-state index >= 15 is 0 Å². The van der Waals surface area contributed by atoms with Gasteiger partial charge in [0.2, 0.25) is 0 Å². The third-order valence-electron chi connectivity index (χ3n) is 4.30. The van der Waals surface area contributed by atoms with Gasteiger partial charge in [-0.25, -0.2) is 4.79 Å². The molecule has 0 saturated carbocycles. The van der Waals surface area contributed by atoms with Crippen LogP contribution in [0.2, 0.25) is 5.02 Å². The minimum Gasteiger partial charge on any atom is -0.497 e. The average Bonchev–Trinajstić information content (AvgIpc) is 3.08. The summed E-state index contributed by atoms with van der Waals surface area (Å²) in [6.45, 7) is 1.63. The molecule has 30 heavy (non-hydrogen) atoms. The molecule has 6 nitrogen and oxygen atoms in total. The fourth-order valence-electron chi connectivity index (χ4n) is 2.90. The van der Waals surface area contributed by atoms with Crippen molar-refractivity contribution in [3.63, 3.8) is 0 Å². The highest BCUT2D eigenvalue weighted by atomic mass is 35.5. The van der Waals surface area contributed by atoms with E-state index in [0.717, 1.165) is 10.4 Å². The molecule has 0 aliphatic rings. The molecule has 1 heterocycles. The number of aryl methyl sites for hydroxylation is 1. The summed E-state index contributed by atoms with van der Waals surface area (Å²) in [4.78, 5) is 25.9.